The minimum atomic E-state index is -0.452. The van der Waals surface area contributed by atoms with E-state index in [4.69, 9.17) is 30.0 Å². The summed E-state index contributed by atoms with van der Waals surface area (Å²) in [5.74, 6) is 0.785. The highest BCUT2D eigenvalue weighted by Gasteiger charge is 2.53. The molecule has 0 radical (unpaired) electrons. The van der Waals surface area contributed by atoms with Crippen molar-refractivity contribution in [1.29, 1.82) is 0 Å². The number of likely N-dealkylation sites (N-methyl/N-ethyl adjacent to an activating group) is 1. The Balaban J connectivity index is 3.05. The fourth-order valence-corrected chi connectivity index (χ4v) is 4.43. The van der Waals surface area contributed by atoms with Crippen LogP contribution in [0.2, 0.25) is 0 Å². The lowest BCUT2D eigenvalue weighted by atomic mass is 9.88. The fraction of sp³-hybridized carbons (Fsp3) is 0.720. The lowest BCUT2D eigenvalue weighted by Gasteiger charge is -2.55. The van der Waals surface area contributed by atoms with Gasteiger partial charge in [0.15, 0.2) is 6.54 Å². The number of hydrogen-bond acceptors (Lipinski definition) is 4. The molecule has 0 N–H and O–H groups in total. The van der Waals surface area contributed by atoms with Gasteiger partial charge in [-0.2, -0.15) is 0 Å². The van der Waals surface area contributed by atoms with Crippen molar-refractivity contribution in [3.63, 3.8) is 0 Å². The SMILES string of the molecule is Cc1ccc(C(C)C)cc1OC(=O)C[N+](C)(C)C(C)(S)CC(C)(C)[N+](C)(C)C(C)(C)S. The third kappa shape index (κ3) is 6.43. The van der Waals surface area contributed by atoms with Crippen LogP contribution in [0.3, 0.4) is 0 Å². The van der Waals surface area contributed by atoms with Gasteiger partial charge in [0, 0.05) is 20.8 Å². The first kappa shape index (κ1) is 28.3. The van der Waals surface area contributed by atoms with Crippen molar-refractivity contribution in [2.24, 2.45) is 0 Å². The van der Waals surface area contributed by atoms with Crippen molar-refractivity contribution in [1.82, 2.24) is 0 Å². The van der Waals surface area contributed by atoms with Crippen LogP contribution in [-0.4, -0.2) is 65.0 Å². The summed E-state index contributed by atoms with van der Waals surface area (Å²) < 4.78 is 6.94. The van der Waals surface area contributed by atoms with E-state index in [1.807, 2.05) is 33.2 Å². The van der Waals surface area contributed by atoms with E-state index in [0.29, 0.717) is 20.6 Å². The molecule has 31 heavy (non-hydrogen) atoms. The molecule has 0 spiro atoms. The molecule has 0 aliphatic heterocycles. The van der Waals surface area contributed by atoms with Crippen LogP contribution in [0.4, 0.5) is 0 Å². The topological polar surface area (TPSA) is 26.3 Å². The molecule has 178 valence electrons. The summed E-state index contributed by atoms with van der Waals surface area (Å²) in [6.45, 7) is 17.4. The summed E-state index contributed by atoms with van der Waals surface area (Å²) in [6, 6.07) is 6.09. The summed E-state index contributed by atoms with van der Waals surface area (Å²) in [5.41, 5.74) is 2.01. The summed E-state index contributed by atoms with van der Waals surface area (Å²) in [6.07, 6.45) is 0.794. The van der Waals surface area contributed by atoms with Crippen LogP contribution in [0.15, 0.2) is 18.2 Å². The number of rotatable bonds is 9. The van der Waals surface area contributed by atoms with Gasteiger partial charge in [0.2, 0.25) is 0 Å². The number of aryl methyl sites for hydroxylation is 1. The van der Waals surface area contributed by atoms with E-state index in [0.717, 1.165) is 17.5 Å². The van der Waals surface area contributed by atoms with Crippen molar-refractivity contribution in [3.8, 4) is 5.75 Å². The van der Waals surface area contributed by atoms with Gasteiger partial charge >= 0.3 is 5.97 Å². The summed E-state index contributed by atoms with van der Waals surface area (Å²) in [5, 5.41) is 0. The van der Waals surface area contributed by atoms with Gasteiger partial charge in [-0.25, -0.2) is 4.79 Å². The first-order valence-electron chi connectivity index (χ1n) is 11.1. The highest BCUT2D eigenvalue weighted by Crippen LogP contribution is 2.42. The van der Waals surface area contributed by atoms with Crippen LogP contribution < -0.4 is 4.74 Å². The summed E-state index contributed by atoms with van der Waals surface area (Å²) in [7, 11) is 8.51. The van der Waals surface area contributed by atoms with Gasteiger partial charge in [-0.1, -0.05) is 26.0 Å². The van der Waals surface area contributed by atoms with E-state index in [1.165, 1.54) is 0 Å². The van der Waals surface area contributed by atoms with Gasteiger partial charge in [-0.15, -0.1) is 25.3 Å². The Morgan fingerprint density at radius 1 is 1.03 bits per heavy atom. The van der Waals surface area contributed by atoms with Gasteiger partial charge in [-0.05, 0) is 43.9 Å². The van der Waals surface area contributed by atoms with Crippen molar-refractivity contribution in [3.05, 3.63) is 29.3 Å². The molecular formula is C25H46N2O2S2+2. The minimum Gasteiger partial charge on any atom is -0.422 e. The predicted octanol–water partition coefficient (Wildman–Crippen LogP) is 5.66. The minimum absolute atomic E-state index is 0.122. The maximum absolute atomic E-state index is 12.9. The first-order valence-corrected chi connectivity index (χ1v) is 12.0. The lowest BCUT2D eigenvalue weighted by molar-refractivity contribution is -0.975. The van der Waals surface area contributed by atoms with Gasteiger partial charge in [0.05, 0.1) is 34.6 Å². The average molecular weight is 471 g/mol. The lowest BCUT2D eigenvalue weighted by Crippen LogP contribution is -2.68. The number of nitrogens with zero attached hydrogens (tertiary/aromatic N) is 2. The molecule has 4 nitrogen and oxygen atoms in total. The largest absolute Gasteiger partial charge is 0.422 e. The highest BCUT2D eigenvalue weighted by atomic mass is 32.1. The molecule has 0 amide bonds. The Morgan fingerprint density at radius 2 is 1.55 bits per heavy atom. The predicted molar refractivity (Wildman–Crippen MR) is 139 cm³/mol. The van der Waals surface area contributed by atoms with Gasteiger partial charge in [-0.3, -0.25) is 0 Å². The third-order valence-electron chi connectivity index (χ3n) is 7.58. The number of quaternary nitrogens is 2. The third-order valence-corrected chi connectivity index (χ3v) is 8.78. The summed E-state index contributed by atoms with van der Waals surface area (Å²) in [4.78, 5) is 12.3. The van der Waals surface area contributed by atoms with Gasteiger partial charge in [0.25, 0.3) is 0 Å². The van der Waals surface area contributed by atoms with E-state index in [-0.39, 0.29) is 22.9 Å². The highest BCUT2D eigenvalue weighted by molar-refractivity contribution is 7.81. The first-order chi connectivity index (χ1) is 13.6. The molecular weight excluding hydrogens is 424 g/mol. The van der Waals surface area contributed by atoms with E-state index in [1.54, 1.807) is 0 Å². The second kappa shape index (κ2) is 9.28. The smallest absolute Gasteiger partial charge is 0.367 e. The molecule has 0 saturated carbocycles. The Bertz CT molecular complexity index is 791. The number of esters is 1. The van der Waals surface area contributed by atoms with Crippen molar-refractivity contribution in [2.45, 2.75) is 83.0 Å². The molecule has 0 aliphatic rings. The molecule has 0 aromatic heterocycles. The van der Waals surface area contributed by atoms with Crippen LogP contribution in [-0.2, 0) is 4.79 Å². The van der Waals surface area contributed by atoms with E-state index >= 15 is 0 Å². The molecule has 0 heterocycles. The van der Waals surface area contributed by atoms with Crippen LogP contribution in [0.1, 0.15) is 71.9 Å². The van der Waals surface area contributed by atoms with E-state index in [2.05, 4.69) is 68.6 Å². The molecule has 1 unspecified atom stereocenters. The molecule has 0 aliphatic carbocycles. The monoisotopic (exact) mass is 470 g/mol. The number of carbonyl (C=O) groups excluding carboxylic acids is 1. The molecule has 1 atom stereocenters. The quantitative estimate of drug-likeness (QED) is 0.160. The van der Waals surface area contributed by atoms with Crippen LogP contribution in [0.25, 0.3) is 0 Å². The Hall–Kier alpha value is -0.690. The number of carbonyl (C=O) groups is 1. The zero-order valence-electron chi connectivity index (χ0n) is 21.8. The van der Waals surface area contributed by atoms with Crippen LogP contribution >= 0.6 is 25.3 Å². The number of hydrogen-bond donors (Lipinski definition) is 2. The zero-order chi connectivity index (χ0) is 24.6. The van der Waals surface area contributed by atoms with Crippen molar-refractivity contribution >= 4 is 31.2 Å². The maximum Gasteiger partial charge on any atom is 0.367 e. The molecule has 0 bridgehead atoms. The molecule has 1 rings (SSSR count). The van der Waals surface area contributed by atoms with E-state index in [9.17, 15) is 4.79 Å². The molecule has 0 saturated heterocycles. The molecule has 0 fully saturated rings. The second-order valence-electron chi connectivity index (χ2n) is 11.7. The Morgan fingerprint density at radius 3 is 2.00 bits per heavy atom. The molecule has 1 aromatic rings. The molecule has 1 aromatic carbocycles. The number of ether oxygens (including phenoxy) is 1. The van der Waals surface area contributed by atoms with Crippen molar-refractivity contribution in [2.75, 3.05) is 34.7 Å². The van der Waals surface area contributed by atoms with Gasteiger partial charge < -0.3 is 13.7 Å². The second-order valence-corrected chi connectivity index (χ2v) is 13.7. The normalized spacial score (nSPS) is 15.7. The van der Waals surface area contributed by atoms with Gasteiger partial charge in [0.1, 0.15) is 21.0 Å². The van der Waals surface area contributed by atoms with E-state index < -0.39 is 4.87 Å². The Kier molecular flexibility index (Phi) is 8.49. The fourth-order valence-electron chi connectivity index (χ4n) is 3.71. The average Bonchev–Trinajstić information content (AvgIpc) is 2.53. The summed E-state index contributed by atoms with van der Waals surface area (Å²) >= 11 is 9.94. The van der Waals surface area contributed by atoms with Crippen LogP contribution in [0, 0.1) is 6.92 Å². The number of benzene rings is 1. The van der Waals surface area contributed by atoms with Crippen LogP contribution in [0.5, 0.6) is 5.75 Å². The molecule has 6 heteroatoms. The standard InChI is InChI=1S/C25H44N2O2S2/c1-18(2)20-14-13-19(3)21(15-20)29-22(28)16-26(9,10)25(8,31)17-23(4,5)27(11,12)24(6,7)30/h13-15,18H,16-17H2,1-12H3/p+2. The van der Waals surface area contributed by atoms with Crippen molar-refractivity contribution < 1.29 is 18.5 Å². The number of thiol groups is 2. The zero-order valence-corrected chi connectivity index (χ0v) is 23.6. The maximum atomic E-state index is 12.9. The Labute approximate surface area is 202 Å².